The lowest BCUT2D eigenvalue weighted by Crippen LogP contribution is -2.15. The molecule has 0 saturated carbocycles. The largest absolute Gasteiger partial charge is 0.386 e. The summed E-state index contributed by atoms with van der Waals surface area (Å²) in [5, 5.41) is 10.1. The Balaban J connectivity index is 3.37. The van der Waals surface area contributed by atoms with Gasteiger partial charge in [-0.25, -0.2) is 0 Å². The van der Waals surface area contributed by atoms with Crippen molar-refractivity contribution >= 4 is 11.4 Å². The molecular formula is C17H24O2. The van der Waals surface area contributed by atoms with E-state index >= 15 is 0 Å². The minimum absolute atomic E-state index is 0.112. The number of ketones is 1. The molecule has 0 heterocycles. The Morgan fingerprint density at radius 1 is 1.21 bits per heavy atom. The maximum atomic E-state index is 11.8. The van der Waals surface area contributed by atoms with Crippen LogP contribution in [0.4, 0.5) is 0 Å². The molecule has 19 heavy (non-hydrogen) atoms. The van der Waals surface area contributed by atoms with Gasteiger partial charge in [-0.1, -0.05) is 32.0 Å². The van der Waals surface area contributed by atoms with Crippen molar-refractivity contribution in [2.75, 3.05) is 0 Å². The molecule has 0 aliphatic carbocycles. The smallest absolute Gasteiger partial charge is 0.156 e. The average Bonchev–Trinajstić information content (AvgIpc) is 2.27. The Kier molecular flexibility index (Phi) is 4.70. The molecule has 1 aromatic carbocycles. The van der Waals surface area contributed by atoms with Gasteiger partial charge in [0.1, 0.15) is 0 Å². The third-order valence-electron chi connectivity index (χ3n) is 3.36. The van der Waals surface area contributed by atoms with Crippen LogP contribution in [0.25, 0.3) is 5.57 Å². The molecule has 2 heteroatoms. The molecule has 0 radical (unpaired) electrons. The molecule has 0 atom stereocenters. The second-order valence-corrected chi connectivity index (χ2v) is 5.89. The maximum absolute atomic E-state index is 11.8. The molecular weight excluding hydrogens is 236 g/mol. The Morgan fingerprint density at radius 3 is 2.21 bits per heavy atom. The lowest BCUT2D eigenvalue weighted by molar-refractivity contribution is -0.113. The summed E-state index contributed by atoms with van der Waals surface area (Å²) in [5.41, 5.74) is 2.83. The number of hydrogen-bond donors (Lipinski definition) is 1. The number of hydrogen-bond acceptors (Lipinski definition) is 2. The number of carbonyl (C=O) groups excluding carboxylic acids is 1. The molecule has 0 bridgehead atoms. The third kappa shape index (κ3) is 3.77. The van der Waals surface area contributed by atoms with Crippen LogP contribution in [0.1, 0.15) is 52.7 Å². The van der Waals surface area contributed by atoms with Crippen molar-refractivity contribution < 1.29 is 9.90 Å². The maximum Gasteiger partial charge on any atom is 0.156 e. The van der Waals surface area contributed by atoms with Crippen molar-refractivity contribution in [3.63, 3.8) is 0 Å². The minimum atomic E-state index is -0.871. The van der Waals surface area contributed by atoms with E-state index < -0.39 is 5.60 Å². The van der Waals surface area contributed by atoms with Gasteiger partial charge in [0.25, 0.3) is 0 Å². The summed E-state index contributed by atoms with van der Waals surface area (Å²) in [6.45, 7) is 11.2. The lowest BCUT2D eigenvalue weighted by atomic mass is 9.88. The predicted molar refractivity (Wildman–Crippen MR) is 79.8 cm³/mol. The van der Waals surface area contributed by atoms with E-state index in [2.05, 4.69) is 0 Å². The highest BCUT2D eigenvalue weighted by Gasteiger charge is 2.18. The molecule has 0 aliphatic rings. The van der Waals surface area contributed by atoms with Gasteiger partial charge in [0.15, 0.2) is 5.78 Å². The van der Waals surface area contributed by atoms with Gasteiger partial charge >= 0.3 is 0 Å². The van der Waals surface area contributed by atoms with Crippen molar-refractivity contribution in [3.8, 4) is 0 Å². The van der Waals surface area contributed by atoms with Crippen LogP contribution >= 0.6 is 0 Å². The average molecular weight is 260 g/mol. The van der Waals surface area contributed by atoms with Crippen LogP contribution in [0.2, 0.25) is 0 Å². The molecule has 1 rings (SSSR count). The summed E-state index contributed by atoms with van der Waals surface area (Å²) < 4.78 is 0. The normalized spacial score (nSPS) is 13.5. The molecule has 0 saturated heterocycles. The van der Waals surface area contributed by atoms with Crippen molar-refractivity contribution in [1.82, 2.24) is 0 Å². The molecule has 1 N–H and O–H groups in total. The first-order chi connectivity index (χ1) is 8.64. The number of aliphatic hydroxyl groups is 1. The van der Waals surface area contributed by atoms with Crippen LogP contribution in [0.15, 0.2) is 29.8 Å². The van der Waals surface area contributed by atoms with Crippen molar-refractivity contribution in [3.05, 3.63) is 41.0 Å². The fraction of sp³-hybridized carbons (Fsp3) is 0.471. The fourth-order valence-electron chi connectivity index (χ4n) is 2.39. The van der Waals surface area contributed by atoms with E-state index in [0.29, 0.717) is 0 Å². The zero-order valence-electron chi connectivity index (χ0n) is 12.7. The number of allylic oxidation sites excluding steroid dienone is 2. The summed E-state index contributed by atoms with van der Waals surface area (Å²) in [7, 11) is 0. The van der Waals surface area contributed by atoms with E-state index in [9.17, 15) is 9.90 Å². The summed E-state index contributed by atoms with van der Waals surface area (Å²) >= 11 is 0. The standard InChI is InChI=1S/C17H24O2/c1-11(2)16(13(4)18)12(3)14-8-7-9-15(10-14)17(5,6)19/h7-11,19H,1-6H3. The third-order valence-corrected chi connectivity index (χ3v) is 3.36. The van der Waals surface area contributed by atoms with Crippen LogP contribution in [-0.4, -0.2) is 10.9 Å². The first kappa shape index (κ1) is 15.6. The van der Waals surface area contributed by atoms with E-state index in [-0.39, 0.29) is 11.7 Å². The predicted octanol–water partition coefficient (Wildman–Crippen LogP) is 3.93. The van der Waals surface area contributed by atoms with E-state index in [4.69, 9.17) is 0 Å². The summed E-state index contributed by atoms with van der Waals surface area (Å²) in [5.74, 6) is 0.310. The molecule has 0 fully saturated rings. The number of Topliss-reactive ketones (excluding diaryl/α,β-unsaturated/α-hetero) is 1. The highest BCUT2D eigenvalue weighted by atomic mass is 16.3. The highest BCUT2D eigenvalue weighted by Crippen LogP contribution is 2.28. The number of rotatable bonds is 4. The van der Waals surface area contributed by atoms with Gasteiger partial charge in [-0.15, -0.1) is 0 Å². The minimum Gasteiger partial charge on any atom is -0.386 e. The van der Waals surface area contributed by atoms with Crippen molar-refractivity contribution in [2.24, 2.45) is 5.92 Å². The van der Waals surface area contributed by atoms with Gasteiger partial charge < -0.3 is 5.11 Å². The molecule has 2 nitrogen and oxygen atoms in total. The molecule has 0 aliphatic heterocycles. The Labute approximate surface area is 116 Å². The second kappa shape index (κ2) is 5.70. The molecule has 0 unspecified atom stereocenters. The zero-order chi connectivity index (χ0) is 14.8. The van der Waals surface area contributed by atoms with Crippen molar-refractivity contribution in [1.29, 1.82) is 0 Å². The Hall–Kier alpha value is -1.41. The Bertz CT molecular complexity index is 502. The monoisotopic (exact) mass is 260 g/mol. The van der Waals surface area contributed by atoms with Crippen LogP contribution in [0.3, 0.4) is 0 Å². The second-order valence-electron chi connectivity index (χ2n) is 5.89. The van der Waals surface area contributed by atoms with Gasteiger partial charge in [0.2, 0.25) is 0 Å². The molecule has 0 spiro atoms. The molecule has 0 aromatic heterocycles. The van der Waals surface area contributed by atoms with Gasteiger partial charge in [-0.2, -0.15) is 0 Å². The zero-order valence-corrected chi connectivity index (χ0v) is 12.7. The fourth-order valence-corrected chi connectivity index (χ4v) is 2.39. The topological polar surface area (TPSA) is 37.3 Å². The van der Waals surface area contributed by atoms with Crippen LogP contribution in [0, 0.1) is 5.92 Å². The quantitative estimate of drug-likeness (QED) is 0.833. The van der Waals surface area contributed by atoms with Crippen molar-refractivity contribution in [2.45, 2.75) is 47.1 Å². The molecule has 0 amide bonds. The number of carbonyl (C=O) groups is 1. The SMILES string of the molecule is CC(=O)C(=C(C)c1cccc(C(C)(C)O)c1)C(C)C. The van der Waals surface area contributed by atoms with Gasteiger partial charge in [-0.3, -0.25) is 4.79 Å². The summed E-state index contributed by atoms with van der Waals surface area (Å²) in [4.78, 5) is 11.8. The van der Waals surface area contributed by atoms with E-state index in [1.807, 2.05) is 45.0 Å². The van der Waals surface area contributed by atoms with Gasteiger partial charge in [0.05, 0.1) is 5.60 Å². The number of benzene rings is 1. The first-order valence-corrected chi connectivity index (χ1v) is 6.69. The van der Waals surface area contributed by atoms with Crippen LogP contribution in [-0.2, 0) is 10.4 Å². The van der Waals surface area contributed by atoms with E-state index in [0.717, 1.165) is 22.3 Å². The lowest BCUT2D eigenvalue weighted by Gasteiger charge is -2.20. The first-order valence-electron chi connectivity index (χ1n) is 6.69. The molecule has 1 aromatic rings. The Morgan fingerprint density at radius 2 is 1.79 bits per heavy atom. The van der Waals surface area contributed by atoms with E-state index in [1.54, 1.807) is 20.8 Å². The molecule has 104 valence electrons. The van der Waals surface area contributed by atoms with Crippen LogP contribution < -0.4 is 0 Å². The van der Waals surface area contributed by atoms with Gasteiger partial charge in [-0.05, 0) is 56.4 Å². The van der Waals surface area contributed by atoms with E-state index in [1.165, 1.54) is 0 Å². The summed E-state index contributed by atoms with van der Waals surface area (Å²) in [6, 6.07) is 7.76. The van der Waals surface area contributed by atoms with Gasteiger partial charge in [0, 0.05) is 5.57 Å². The summed E-state index contributed by atoms with van der Waals surface area (Å²) in [6.07, 6.45) is 0. The highest BCUT2D eigenvalue weighted by molar-refractivity contribution is 6.01. The van der Waals surface area contributed by atoms with Crippen LogP contribution in [0.5, 0.6) is 0 Å².